The van der Waals surface area contributed by atoms with Crippen LogP contribution in [0.25, 0.3) is 11.3 Å². The van der Waals surface area contributed by atoms with Crippen molar-refractivity contribution in [2.45, 2.75) is 33.6 Å². The van der Waals surface area contributed by atoms with Crippen molar-refractivity contribution in [3.63, 3.8) is 0 Å². The van der Waals surface area contributed by atoms with Gasteiger partial charge in [-0.05, 0) is 37.0 Å². The minimum absolute atomic E-state index is 0.537. The fourth-order valence-electron chi connectivity index (χ4n) is 2.19. The molecule has 2 rings (SSSR count). The zero-order chi connectivity index (χ0) is 13.8. The second-order valence-corrected chi connectivity index (χ2v) is 4.90. The molecule has 0 radical (unpaired) electrons. The van der Waals surface area contributed by atoms with Crippen LogP contribution in [0, 0.1) is 6.92 Å². The van der Waals surface area contributed by atoms with Crippen LogP contribution in [0.4, 0.5) is 0 Å². The Bertz CT molecular complexity index is 564. The van der Waals surface area contributed by atoms with Gasteiger partial charge >= 0.3 is 0 Å². The lowest BCUT2D eigenvalue weighted by Gasteiger charge is -2.11. The first-order valence-electron chi connectivity index (χ1n) is 6.67. The average Bonchev–Trinajstić information content (AvgIpc) is 2.39. The van der Waals surface area contributed by atoms with E-state index in [4.69, 9.17) is 4.74 Å². The fourth-order valence-corrected chi connectivity index (χ4v) is 2.19. The van der Waals surface area contributed by atoms with E-state index in [9.17, 15) is 0 Å². The van der Waals surface area contributed by atoms with Crippen molar-refractivity contribution in [2.24, 2.45) is 0 Å². The first kappa shape index (κ1) is 13.5. The predicted octanol–water partition coefficient (Wildman–Crippen LogP) is 3.97. The highest BCUT2D eigenvalue weighted by molar-refractivity contribution is 5.60. The van der Waals surface area contributed by atoms with Gasteiger partial charge in [-0.3, -0.25) is 4.98 Å². The number of benzene rings is 1. The number of hydrogen-bond acceptors (Lipinski definition) is 3. The second-order valence-electron chi connectivity index (χ2n) is 4.90. The van der Waals surface area contributed by atoms with Crippen molar-refractivity contribution in [1.82, 2.24) is 9.97 Å². The van der Waals surface area contributed by atoms with Gasteiger partial charge in [0.2, 0.25) is 5.88 Å². The molecular weight excluding hydrogens is 236 g/mol. The van der Waals surface area contributed by atoms with Crippen LogP contribution in [0.2, 0.25) is 0 Å². The van der Waals surface area contributed by atoms with E-state index >= 15 is 0 Å². The van der Waals surface area contributed by atoms with E-state index in [1.807, 2.05) is 6.92 Å². The van der Waals surface area contributed by atoms with Gasteiger partial charge in [0.05, 0.1) is 24.7 Å². The predicted molar refractivity (Wildman–Crippen MR) is 77.5 cm³/mol. The number of nitrogens with zero attached hydrogens (tertiary/aromatic N) is 2. The molecule has 1 aromatic heterocycles. The first-order valence-corrected chi connectivity index (χ1v) is 6.67. The molecule has 0 aliphatic rings. The van der Waals surface area contributed by atoms with E-state index in [-0.39, 0.29) is 0 Å². The minimum atomic E-state index is 0.537. The Kier molecular flexibility index (Phi) is 4.15. The lowest BCUT2D eigenvalue weighted by atomic mass is 9.95. The summed E-state index contributed by atoms with van der Waals surface area (Å²) in [6, 6.07) is 6.43. The molecule has 0 aliphatic carbocycles. The van der Waals surface area contributed by atoms with Crippen LogP contribution in [0.5, 0.6) is 5.88 Å². The summed E-state index contributed by atoms with van der Waals surface area (Å²) >= 11 is 0. The number of ether oxygens (including phenoxy) is 1. The third-order valence-electron chi connectivity index (χ3n) is 3.09. The van der Waals surface area contributed by atoms with Crippen LogP contribution in [0.1, 0.15) is 37.8 Å². The topological polar surface area (TPSA) is 35.0 Å². The summed E-state index contributed by atoms with van der Waals surface area (Å²) in [5.41, 5.74) is 4.59. The maximum Gasteiger partial charge on any atom is 0.232 e. The standard InChI is InChI=1S/C16H20N2O/c1-5-19-16-10-17-9-15(18-16)13-6-7-14(11(2)3)12(4)8-13/h6-11H,5H2,1-4H3. The molecule has 0 fully saturated rings. The smallest absolute Gasteiger partial charge is 0.232 e. The summed E-state index contributed by atoms with van der Waals surface area (Å²) < 4.78 is 5.39. The molecule has 3 heteroatoms. The molecule has 0 saturated carbocycles. The van der Waals surface area contributed by atoms with Crippen molar-refractivity contribution < 1.29 is 4.74 Å². The van der Waals surface area contributed by atoms with Crippen molar-refractivity contribution in [2.75, 3.05) is 6.61 Å². The first-order chi connectivity index (χ1) is 9.11. The van der Waals surface area contributed by atoms with E-state index < -0.39 is 0 Å². The molecule has 0 amide bonds. The Hall–Kier alpha value is -1.90. The molecule has 3 nitrogen and oxygen atoms in total. The van der Waals surface area contributed by atoms with Crippen LogP contribution < -0.4 is 4.74 Å². The van der Waals surface area contributed by atoms with Gasteiger partial charge in [0, 0.05) is 5.56 Å². The summed E-state index contributed by atoms with van der Waals surface area (Å²) in [4.78, 5) is 8.64. The van der Waals surface area contributed by atoms with E-state index in [1.54, 1.807) is 12.4 Å². The van der Waals surface area contributed by atoms with Crippen molar-refractivity contribution in [3.05, 3.63) is 41.7 Å². The number of aryl methyl sites for hydroxylation is 1. The van der Waals surface area contributed by atoms with Crippen molar-refractivity contribution in [3.8, 4) is 17.1 Å². The summed E-state index contributed by atoms with van der Waals surface area (Å²) in [7, 11) is 0. The third-order valence-corrected chi connectivity index (χ3v) is 3.09. The molecule has 1 heterocycles. The Morgan fingerprint density at radius 2 is 2.00 bits per heavy atom. The SMILES string of the molecule is CCOc1cncc(-c2ccc(C(C)C)c(C)c2)n1. The molecule has 100 valence electrons. The molecule has 0 bridgehead atoms. The van der Waals surface area contributed by atoms with Crippen LogP contribution in [-0.4, -0.2) is 16.6 Å². The fraction of sp³-hybridized carbons (Fsp3) is 0.375. The summed E-state index contributed by atoms with van der Waals surface area (Å²) in [5, 5.41) is 0. The van der Waals surface area contributed by atoms with Crippen molar-refractivity contribution >= 4 is 0 Å². The van der Waals surface area contributed by atoms with Gasteiger partial charge < -0.3 is 4.74 Å². The highest BCUT2D eigenvalue weighted by Gasteiger charge is 2.07. The molecule has 19 heavy (non-hydrogen) atoms. The highest BCUT2D eigenvalue weighted by Crippen LogP contribution is 2.25. The van der Waals surface area contributed by atoms with E-state index in [1.165, 1.54) is 11.1 Å². The molecule has 0 N–H and O–H groups in total. The lowest BCUT2D eigenvalue weighted by molar-refractivity contribution is 0.325. The van der Waals surface area contributed by atoms with Gasteiger partial charge in [-0.2, -0.15) is 0 Å². The largest absolute Gasteiger partial charge is 0.477 e. The Labute approximate surface area is 114 Å². The van der Waals surface area contributed by atoms with Gasteiger partial charge in [0.15, 0.2) is 0 Å². The number of aromatic nitrogens is 2. The molecule has 1 aromatic carbocycles. The summed E-state index contributed by atoms with van der Waals surface area (Å²) in [6.45, 7) is 9.09. The molecule has 0 unspecified atom stereocenters. The molecule has 0 atom stereocenters. The quantitative estimate of drug-likeness (QED) is 0.830. The molecule has 2 aromatic rings. The lowest BCUT2D eigenvalue weighted by Crippen LogP contribution is -1.97. The van der Waals surface area contributed by atoms with Crippen LogP contribution in [-0.2, 0) is 0 Å². The monoisotopic (exact) mass is 256 g/mol. The normalized spacial score (nSPS) is 10.8. The van der Waals surface area contributed by atoms with Gasteiger partial charge in [-0.1, -0.05) is 26.0 Å². The van der Waals surface area contributed by atoms with Gasteiger partial charge in [0.1, 0.15) is 0 Å². The Morgan fingerprint density at radius 3 is 2.63 bits per heavy atom. The maximum atomic E-state index is 5.39. The molecule has 0 saturated heterocycles. The minimum Gasteiger partial charge on any atom is -0.477 e. The highest BCUT2D eigenvalue weighted by atomic mass is 16.5. The molecular formula is C16H20N2O. The van der Waals surface area contributed by atoms with Crippen LogP contribution >= 0.6 is 0 Å². The van der Waals surface area contributed by atoms with Gasteiger partial charge in [-0.25, -0.2) is 4.98 Å². The van der Waals surface area contributed by atoms with E-state index in [2.05, 4.69) is 48.9 Å². The average molecular weight is 256 g/mol. The Morgan fingerprint density at radius 1 is 1.21 bits per heavy atom. The summed E-state index contributed by atoms with van der Waals surface area (Å²) in [6.07, 6.45) is 3.41. The van der Waals surface area contributed by atoms with Gasteiger partial charge in [-0.15, -0.1) is 0 Å². The summed E-state index contributed by atoms with van der Waals surface area (Å²) in [5.74, 6) is 1.11. The Balaban J connectivity index is 2.36. The zero-order valence-corrected chi connectivity index (χ0v) is 12.0. The molecule has 0 spiro atoms. The van der Waals surface area contributed by atoms with Gasteiger partial charge in [0.25, 0.3) is 0 Å². The van der Waals surface area contributed by atoms with Crippen LogP contribution in [0.15, 0.2) is 30.6 Å². The number of hydrogen-bond donors (Lipinski definition) is 0. The van der Waals surface area contributed by atoms with E-state index in [0.29, 0.717) is 18.4 Å². The number of rotatable bonds is 4. The molecule has 0 aliphatic heterocycles. The zero-order valence-electron chi connectivity index (χ0n) is 12.0. The van der Waals surface area contributed by atoms with Crippen LogP contribution in [0.3, 0.4) is 0 Å². The maximum absolute atomic E-state index is 5.39. The second kappa shape index (κ2) is 5.83. The van der Waals surface area contributed by atoms with E-state index in [0.717, 1.165) is 11.3 Å². The van der Waals surface area contributed by atoms with Crippen molar-refractivity contribution in [1.29, 1.82) is 0 Å². The third kappa shape index (κ3) is 3.11.